The van der Waals surface area contributed by atoms with Crippen molar-refractivity contribution in [2.24, 2.45) is 5.92 Å². The first-order valence-corrected chi connectivity index (χ1v) is 10.2. The Hall–Kier alpha value is -3.32. The number of carbonyl (C=O) groups excluding carboxylic acids is 2. The number of methoxy groups -OCH3 is 3. The summed E-state index contributed by atoms with van der Waals surface area (Å²) in [5, 5.41) is 0. The molecule has 2 aromatic rings. The zero-order valence-electron chi connectivity index (χ0n) is 19.1. The fourth-order valence-corrected chi connectivity index (χ4v) is 3.26. The van der Waals surface area contributed by atoms with Crippen molar-refractivity contribution in [3.8, 4) is 11.5 Å². The summed E-state index contributed by atoms with van der Waals surface area (Å²) in [6.07, 6.45) is 1.69. The number of hydrogen-bond donors (Lipinski definition) is 0. The highest BCUT2D eigenvalue weighted by Gasteiger charge is 2.26. The number of carbonyl (C=O) groups is 2. The van der Waals surface area contributed by atoms with E-state index < -0.39 is 24.1 Å². The Morgan fingerprint density at radius 1 is 0.938 bits per heavy atom. The molecule has 0 saturated carbocycles. The van der Waals surface area contributed by atoms with E-state index >= 15 is 0 Å². The zero-order valence-corrected chi connectivity index (χ0v) is 19.1. The van der Waals surface area contributed by atoms with E-state index in [1.54, 1.807) is 20.3 Å². The molecule has 2 aromatic carbocycles. The minimum absolute atomic E-state index is 0.220. The van der Waals surface area contributed by atoms with Gasteiger partial charge >= 0.3 is 11.9 Å². The molecule has 0 radical (unpaired) electrons. The molecular formula is C25H30O7. The number of esters is 2. The summed E-state index contributed by atoms with van der Waals surface area (Å²) in [7, 11) is 4.39. The molecule has 3 atom stereocenters. The third kappa shape index (κ3) is 6.85. The van der Waals surface area contributed by atoms with E-state index in [2.05, 4.69) is 0 Å². The highest BCUT2D eigenvalue weighted by atomic mass is 16.6. The molecule has 172 valence electrons. The largest absolute Gasteiger partial charge is 0.493 e. The molecule has 7 nitrogen and oxygen atoms in total. The summed E-state index contributed by atoms with van der Waals surface area (Å²) in [5.41, 5.74) is 1.81. The molecule has 0 N–H and O–H groups in total. The van der Waals surface area contributed by atoms with Crippen LogP contribution in [-0.4, -0.2) is 39.4 Å². The van der Waals surface area contributed by atoms with Crippen LogP contribution >= 0.6 is 0 Å². The van der Waals surface area contributed by atoms with E-state index in [1.807, 2.05) is 55.5 Å². The van der Waals surface area contributed by atoms with Crippen molar-refractivity contribution in [1.82, 2.24) is 0 Å². The van der Waals surface area contributed by atoms with Crippen LogP contribution in [0.4, 0.5) is 0 Å². The van der Waals surface area contributed by atoms with E-state index in [0.717, 1.165) is 11.1 Å². The van der Waals surface area contributed by atoms with Gasteiger partial charge in [0.05, 0.1) is 34.0 Å². The van der Waals surface area contributed by atoms with Crippen LogP contribution in [0, 0.1) is 5.92 Å². The first-order valence-electron chi connectivity index (χ1n) is 10.2. The molecule has 0 spiro atoms. The minimum atomic E-state index is -1.14. The lowest BCUT2D eigenvalue weighted by Gasteiger charge is -2.26. The molecule has 2 rings (SSSR count). The van der Waals surface area contributed by atoms with E-state index in [9.17, 15) is 9.59 Å². The molecule has 32 heavy (non-hydrogen) atoms. The van der Waals surface area contributed by atoms with E-state index in [4.69, 9.17) is 23.7 Å². The van der Waals surface area contributed by atoms with Crippen molar-refractivity contribution in [3.05, 3.63) is 71.8 Å². The van der Waals surface area contributed by atoms with Crippen molar-refractivity contribution in [1.29, 1.82) is 0 Å². The van der Waals surface area contributed by atoms with Crippen LogP contribution in [0.25, 0.3) is 0 Å². The zero-order chi connectivity index (χ0) is 23.5. The quantitative estimate of drug-likeness (QED) is 0.380. The van der Waals surface area contributed by atoms with Crippen LogP contribution < -0.4 is 9.47 Å². The Labute approximate surface area is 188 Å². The monoisotopic (exact) mass is 442 g/mol. The van der Waals surface area contributed by atoms with Crippen molar-refractivity contribution >= 4 is 11.9 Å². The summed E-state index contributed by atoms with van der Waals surface area (Å²) in [4.78, 5) is 23.3. The van der Waals surface area contributed by atoms with Gasteiger partial charge in [-0.2, -0.15) is 0 Å². The Bertz CT molecular complexity index is 908. The van der Waals surface area contributed by atoms with Crippen LogP contribution in [0.1, 0.15) is 31.1 Å². The van der Waals surface area contributed by atoms with Crippen LogP contribution in [0.15, 0.2) is 60.7 Å². The summed E-state index contributed by atoms with van der Waals surface area (Å²) < 4.78 is 27.2. The topological polar surface area (TPSA) is 80.3 Å². The van der Waals surface area contributed by atoms with Crippen molar-refractivity contribution in [3.63, 3.8) is 0 Å². The first-order chi connectivity index (χ1) is 15.4. The Morgan fingerprint density at radius 3 is 2.25 bits per heavy atom. The number of ether oxygens (including phenoxy) is 5. The first kappa shape index (κ1) is 24.9. The third-order valence-corrected chi connectivity index (χ3v) is 4.81. The lowest BCUT2D eigenvalue weighted by Crippen LogP contribution is -2.26. The molecule has 7 heteroatoms. The maximum absolute atomic E-state index is 12.0. The molecule has 0 aliphatic carbocycles. The van der Waals surface area contributed by atoms with Gasteiger partial charge in [0.15, 0.2) is 11.5 Å². The predicted molar refractivity (Wildman–Crippen MR) is 119 cm³/mol. The molecule has 0 bridgehead atoms. The van der Waals surface area contributed by atoms with Crippen LogP contribution in [0.5, 0.6) is 11.5 Å². The highest BCUT2D eigenvalue weighted by Crippen LogP contribution is 2.40. The van der Waals surface area contributed by atoms with Gasteiger partial charge in [-0.25, -0.2) is 4.79 Å². The molecule has 0 unspecified atom stereocenters. The van der Waals surface area contributed by atoms with E-state index in [1.165, 1.54) is 20.1 Å². The second-order valence-corrected chi connectivity index (χ2v) is 7.10. The maximum Gasteiger partial charge on any atom is 0.351 e. The van der Waals surface area contributed by atoms with Crippen LogP contribution in [0.3, 0.4) is 0 Å². The van der Waals surface area contributed by atoms with Crippen molar-refractivity contribution in [2.45, 2.75) is 32.7 Å². The fraction of sp³-hybridized carbons (Fsp3) is 0.360. The van der Waals surface area contributed by atoms with E-state index in [-0.39, 0.29) is 5.92 Å². The summed E-state index contributed by atoms with van der Waals surface area (Å²) in [6, 6.07) is 15.4. The van der Waals surface area contributed by atoms with Gasteiger partial charge < -0.3 is 23.7 Å². The molecule has 0 aliphatic rings. The lowest BCUT2D eigenvalue weighted by atomic mass is 9.95. The standard InChI is InChI=1S/C25H30O7/c1-17(14-15-22(25(27)30-5)32-18(2)26)23(31-16-19-10-7-6-8-11-19)20-12-9-13-21(28-3)24(20)29-4/h6-15,17,22-23H,16H2,1-5H3/b15-14+/t17-,22-,23+/m0/s1. The second kappa shape index (κ2) is 12.5. The normalized spacial score (nSPS) is 13.8. The summed E-state index contributed by atoms with van der Waals surface area (Å²) in [5.74, 6) is -0.310. The van der Waals surface area contributed by atoms with Crippen LogP contribution in [-0.2, 0) is 30.4 Å². The molecule has 0 saturated heterocycles. The second-order valence-electron chi connectivity index (χ2n) is 7.10. The average molecular weight is 443 g/mol. The van der Waals surface area contributed by atoms with Gasteiger partial charge in [0.1, 0.15) is 0 Å². The lowest BCUT2D eigenvalue weighted by molar-refractivity contribution is -0.161. The van der Waals surface area contributed by atoms with E-state index in [0.29, 0.717) is 18.1 Å². The van der Waals surface area contributed by atoms with Crippen molar-refractivity contribution in [2.75, 3.05) is 21.3 Å². The van der Waals surface area contributed by atoms with Crippen LogP contribution in [0.2, 0.25) is 0 Å². The van der Waals surface area contributed by atoms with Gasteiger partial charge in [-0.3, -0.25) is 4.79 Å². The fourth-order valence-electron chi connectivity index (χ4n) is 3.26. The predicted octanol–water partition coefficient (Wildman–Crippen LogP) is 4.26. The van der Waals surface area contributed by atoms with Crippen molar-refractivity contribution < 1.29 is 33.3 Å². The number of benzene rings is 2. The van der Waals surface area contributed by atoms with Gasteiger partial charge in [0.2, 0.25) is 6.10 Å². The summed E-state index contributed by atoms with van der Waals surface area (Å²) >= 11 is 0. The van der Waals surface area contributed by atoms with Gasteiger partial charge in [-0.05, 0) is 17.7 Å². The third-order valence-electron chi connectivity index (χ3n) is 4.81. The molecule has 0 aliphatic heterocycles. The Balaban J connectivity index is 2.37. The summed E-state index contributed by atoms with van der Waals surface area (Å²) in [6.45, 7) is 3.54. The van der Waals surface area contributed by atoms with Gasteiger partial charge in [0.25, 0.3) is 0 Å². The Kier molecular flexibility index (Phi) is 9.76. The highest BCUT2D eigenvalue weighted by molar-refractivity contribution is 5.80. The molecule has 0 aromatic heterocycles. The SMILES string of the molecule is COC(=O)[C@H](/C=C/[C@H](C)[C@@H](OCc1ccccc1)c1cccc(OC)c1OC)OC(C)=O. The minimum Gasteiger partial charge on any atom is -0.493 e. The number of hydrogen-bond acceptors (Lipinski definition) is 7. The van der Waals surface area contributed by atoms with Gasteiger partial charge in [-0.15, -0.1) is 0 Å². The molecule has 0 heterocycles. The smallest absolute Gasteiger partial charge is 0.351 e. The van der Waals surface area contributed by atoms with Gasteiger partial charge in [-0.1, -0.05) is 55.5 Å². The molecule has 0 fully saturated rings. The van der Waals surface area contributed by atoms with Gasteiger partial charge in [0, 0.05) is 18.4 Å². The average Bonchev–Trinajstić information content (AvgIpc) is 2.81. The number of rotatable bonds is 11. The molecule has 0 amide bonds. The number of para-hydroxylation sites is 1. The Morgan fingerprint density at radius 2 is 1.66 bits per heavy atom. The molecular weight excluding hydrogens is 412 g/mol. The maximum atomic E-state index is 12.0.